The highest BCUT2D eigenvalue weighted by atomic mass is 35.5. The van der Waals surface area contributed by atoms with E-state index in [-0.39, 0.29) is 5.41 Å². The summed E-state index contributed by atoms with van der Waals surface area (Å²) in [6, 6.07) is 16.0. The van der Waals surface area contributed by atoms with Gasteiger partial charge in [0.1, 0.15) is 0 Å². The first-order chi connectivity index (χ1) is 9.61. The lowest BCUT2D eigenvalue weighted by atomic mass is 9.75. The van der Waals surface area contributed by atoms with Gasteiger partial charge in [-0.15, -0.1) is 11.6 Å². The zero-order chi connectivity index (χ0) is 14.6. The third kappa shape index (κ3) is 3.31. The Labute approximate surface area is 135 Å². The molecule has 0 aliphatic rings. The first-order valence-electron chi connectivity index (χ1n) is 6.67. The van der Waals surface area contributed by atoms with Crippen molar-refractivity contribution in [3.8, 4) is 0 Å². The number of alkyl halides is 1. The molecule has 2 aromatic rings. The summed E-state index contributed by atoms with van der Waals surface area (Å²) in [5.41, 5.74) is 2.18. The maximum Gasteiger partial charge on any atom is 0.0439 e. The Morgan fingerprint density at radius 3 is 2.30 bits per heavy atom. The number of hydrogen-bond acceptors (Lipinski definition) is 0. The molecule has 2 aromatic carbocycles. The lowest BCUT2D eigenvalue weighted by molar-refractivity contribution is 0.458. The molecule has 1 unspecified atom stereocenters. The van der Waals surface area contributed by atoms with Crippen LogP contribution in [0.1, 0.15) is 24.5 Å². The van der Waals surface area contributed by atoms with Crippen molar-refractivity contribution in [2.24, 2.45) is 0 Å². The lowest BCUT2D eigenvalue weighted by Crippen LogP contribution is -2.30. The molecule has 0 heterocycles. The van der Waals surface area contributed by atoms with Gasteiger partial charge in [-0.3, -0.25) is 0 Å². The molecule has 0 amide bonds. The highest BCUT2D eigenvalue weighted by Gasteiger charge is 2.30. The van der Waals surface area contributed by atoms with E-state index in [1.165, 1.54) is 5.56 Å². The molecule has 0 nitrogen and oxygen atoms in total. The Morgan fingerprint density at radius 1 is 1.00 bits per heavy atom. The van der Waals surface area contributed by atoms with E-state index in [1.54, 1.807) is 0 Å². The molecule has 20 heavy (non-hydrogen) atoms. The molecular weight excluding hydrogens is 311 g/mol. The second-order valence-corrected chi connectivity index (χ2v) is 6.16. The third-order valence-electron chi connectivity index (χ3n) is 3.86. The van der Waals surface area contributed by atoms with Gasteiger partial charge < -0.3 is 0 Å². The van der Waals surface area contributed by atoms with Crippen molar-refractivity contribution in [1.82, 2.24) is 0 Å². The van der Waals surface area contributed by atoms with E-state index in [1.807, 2.05) is 36.4 Å². The number of hydrogen-bond donors (Lipinski definition) is 0. The summed E-state index contributed by atoms with van der Waals surface area (Å²) in [7, 11) is 0. The Bertz CT molecular complexity index is 560. The second-order valence-electron chi connectivity index (χ2n) is 5.05. The first kappa shape index (κ1) is 15.7. The molecule has 0 aliphatic carbocycles. The largest absolute Gasteiger partial charge is 0.126 e. The molecular formula is C17H17Cl3. The monoisotopic (exact) mass is 326 g/mol. The number of benzene rings is 2. The summed E-state index contributed by atoms with van der Waals surface area (Å²) in [4.78, 5) is 0. The van der Waals surface area contributed by atoms with Gasteiger partial charge >= 0.3 is 0 Å². The molecule has 1 atom stereocenters. The molecule has 0 fully saturated rings. The van der Waals surface area contributed by atoms with Crippen LogP contribution in [-0.2, 0) is 11.8 Å². The minimum Gasteiger partial charge on any atom is -0.126 e. The topological polar surface area (TPSA) is 0 Å². The maximum absolute atomic E-state index is 6.32. The Morgan fingerprint density at radius 2 is 1.70 bits per heavy atom. The highest BCUT2D eigenvalue weighted by molar-refractivity contribution is 6.33. The van der Waals surface area contributed by atoms with Crippen LogP contribution in [0, 0.1) is 0 Å². The normalized spacial score (nSPS) is 14.0. The van der Waals surface area contributed by atoms with E-state index in [0.29, 0.717) is 10.9 Å². The average molecular weight is 328 g/mol. The van der Waals surface area contributed by atoms with Gasteiger partial charge in [0.05, 0.1) is 0 Å². The molecule has 106 valence electrons. The molecule has 0 bridgehead atoms. The molecule has 0 aliphatic heterocycles. The van der Waals surface area contributed by atoms with Gasteiger partial charge in [-0.2, -0.15) is 0 Å². The molecule has 2 rings (SSSR count). The van der Waals surface area contributed by atoms with E-state index in [4.69, 9.17) is 34.8 Å². The summed E-state index contributed by atoms with van der Waals surface area (Å²) < 4.78 is 0. The smallest absolute Gasteiger partial charge is 0.0439 e. The van der Waals surface area contributed by atoms with Crippen molar-refractivity contribution >= 4 is 34.8 Å². The Kier molecular flexibility index (Phi) is 5.37. The average Bonchev–Trinajstić information content (AvgIpc) is 2.49. The molecule has 0 radical (unpaired) electrons. The van der Waals surface area contributed by atoms with Gasteiger partial charge in [0.15, 0.2) is 0 Å². The van der Waals surface area contributed by atoms with Gasteiger partial charge in [0.2, 0.25) is 0 Å². The van der Waals surface area contributed by atoms with Crippen LogP contribution in [0.3, 0.4) is 0 Å². The summed E-state index contributed by atoms with van der Waals surface area (Å²) in [6.07, 6.45) is 1.74. The van der Waals surface area contributed by atoms with Gasteiger partial charge in [0.25, 0.3) is 0 Å². The zero-order valence-electron chi connectivity index (χ0n) is 11.4. The lowest BCUT2D eigenvalue weighted by Gasteiger charge is -2.32. The fourth-order valence-corrected chi connectivity index (χ4v) is 3.30. The van der Waals surface area contributed by atoms with Crippen LogP contribution in [0.4, 0.5) is 0 Å². The van der Waals surface area contributed by atoms with E-state index >= 15 is 0 Å². The standard InChI is InChI=1S/C17H17Cl3/c1-2-17(12-18,14-6-4-3-5-7-14)11-13-10-15(19)8-9-16(13)20/h3-10H,2,11-12H2,1H3. The summed E-state index contributed by atoms with van der Waals surface area (Å²) in [6.45, 7) is 2.16. The minimum absolute atomic E-state index is 0.114. The molecule has 0 N–H and O–H groups in total. The van der Waals surface area contributed by atoms with Crippen molar-refractivity contribution in [2.45, 2.75) is 25.2 Å². The van der Waals surface area contributed by atoms with Crippen LogP contribution < -0.4 is 0 Å². The van der Waals surface area contributed by atoms with Gasteiger partial charge in [-0.1, -0.05) is 60.5 Å². The number of halogens is 3. The second kappa shape index (κ2) is 6.85. The van der Waals surface area contributed by atoms with Gasteiger partial charge in [-0.25, -0.2) is 0 Å². The van der Waals surface area contributed by atoms with Crippen molar-refractivity contribution in [3.63, 3.8) is 0 Å². The summed E-state index contributed by atoms with van der Waals surface area (Å²) in [5.74, 6) is 0.552. The summed E-state index contributed by atoms with van der Waals surface area (Å²) in [5, 5.41) is 1.45. The summed E-state index contributed by atoms with van der Waals surface area (Å²) >= 11 is 18.7. The van der Waals surface area contributed by atoms with E-state index in [9.17, 15) is 0 Å². The van der Waals surface area contributed by atoms with E-state index < -0.39 is 0 Å². The molecule has 0 saturated heterocycles. The fourth-order valence-electron chi connectivity index (χ4n) is 2.49. The van der Waals surface area contributed by atoms with Crippen molar-refractivity contribution in [2.75, 3.05) is 5.88 Å². The molecule has 0 saturated carbocycles. The van der Waals surface area contributed by atoms with Gasteiger partial charge in [0, 0.05) is 21.3 Å². The predicted octanol–water partition coefficient (Wildman–Crippen LogP) is 6.12. The molecule has 0 aromatic heterocycles. The predicted molar refractivity (Wildman–Crippen MR) is 89.3 cm³/mol. The minimum atomic E-state index is -0.114. The van der Waals surface area contributed by atoms with Crippen LogP contribution >= 0.6 is 34.8 Å². The highest BCUT2D eigenvalue weighted by Crippen LogP contribution is 2.36. The van der Waals surface area contributed by atoms with Gasteiger partial charge in [-0.05, 0) is 42.2 Å². The van der Waals surface area contributed by atoms with Crippen LogP contribution in [-0.4, -0.2) is 5.88 Å². The first-order valence-corrected chi connectivity index (χ1v) is 7.96. The van der Waals surface area contributed by atoms with E-state index in [0.717, 1.165) is 23.4 Å². The van der Waals surface area contributed by atoms with Crippen LogP contribution in [0.15, 0.2) is 48.5 Å². The van der Waals surface area contributed by atoms with Crippen molar-refractivity contribution in [3.05, 3.63) is 69.7 Å². The van der Waals surface area contributed by atoms with Crippen LogP contribution in [0.5, 0.6) is 0 Å². The quantitative estimate of drug-likeness (QED) is 0.580. The molecule has 0 spiro atoms. The Hall–Kier alpha value is -0.690. The van der Waals surface area contributed by atoms with E-state index in [2.05, 4.69) is 19.1 Å². The number of rotatable bonds is 5. The third-order valence-corrected chi connectivity index (χ3v) is 4.97. The SMILES string of the molecule is CCC(CCl)(Cc1cc(Cl)ccc1Cl)c1ccccc1. The van der Waals surface area contributed by atoms with Crippen LogP contribution in [0.25, 0.3) is 0 Å². The Balaban J connectivity index is 2.42. The van der Waals surface area contributed by atoms with Crippen molar-refractivity contribution in [1.29, 1.82) is 0 Å². The maximum atomic E-state index is 6.32. The van der Waals surface area contributed by atoms with Crippen molar-refractivity contribution < 1.29 is 0 Å². The van der Waals surface area contributed by atoms with Crippen LogP contribution in [0.2, 0.25) is 10.0 Å². The fraction of sp³-hybridized carbons (Fsp3) is 0.294. The molecule has 3 heteroatoms. The zero-order valence-corrected chi connectivity index (χ0v) is 13.6.